The first-order chi connectivity index (χ1) is 8.25. The van der Waals surface area contributed by atoms with Crippen LogP contribution in [0.2, 0.25) is 0 Å². The molecule has 3 heteroatoms. The van der Waals surface area contributed by atoms with Crippen LogP contribution < -0.4 is 10.6 Å². The standard InChI is InChI=1S/C14H21BrN2/c1-11(13-3-2-4-14(15)9-13)17-10-12-5-7-16-8-6-12/h2-4,9,11-12,16-17H,5-8,10H2,1H3/t11-/m1/s1. The maximum absolute atomic E-state index is 3.65. The maximum atomic E-state index is 3.65. The van der Waals surface area contributed by atoms with Gasteiger partial charge >= 0.3 is 0 Å². The van der Waals surface area contributed by atoms with Crippen molar-refractivity contribution in [1.82, 2.24) is 10.6 Å². The van der Waals surface area contributed by atoms with Crippen molar-refractivity contribution in [2.45, 2.75) is 25.8 Å². The molecular weight excluding hydrogens is 276 g/mol. The Hall–Kier alpha value is -0.380. The first-order valence-electron chi connectivity index (χ1n) is 6.45. The lowest BCUT2D eigenvalue weighted by Gasteiger charge is -2.25. The van der Waals surface area contributed by atoms with Crippen molar-refractivity contribution in [3.05, 3.63) is 34.3 Å². The molecule has 1 saturated heterocycles. The Labute approximate surface area is 112 Å². The summed E-state index contributed by atoms with van der Waals surface area (Å²) in [6, 6.07) is 8.98. The number of benzene rings is 1. The number of hydrogen-bond acceptors (Lipinski definition) is 2. The quantitative estimate of drug-likeness (QED) is 0.892. The van der Waals surface area contributed by atoms with Crippen LogP contribution in [-0.2, 0) is 0 Å². The fourth-order valence-corrected chi connectivity index (χ4v) is 2.74. The van der Waals surface area contributed by atoms with E-state index in [2.05, 4.69) is 57.8 Å². The monoisotopic (exact) mass is 296 g/mol. The molecule has 1 atom stereocenters. The molecule has 0 radical (unpaired) electrons. The van der Waals surface area contributed by atoms with Crippen LogP contribution in [0.15, 0.2) is 28.7 Å². The van der Waals surface area contributed by atoms with Crippen LogP contribution in [0.1, 0.15) is 31.4 Å². The van der Waals surface area contributed by atoms with Crippen LogP contribution in [-0.4, -0.2) is 19.6 Å². The molecule has 0 aliphatic carbocycles. The van der Waals surface area contributed by atoms with Gasteiger partial charge in [0, 0.05) is 10.5 Å². The van der Waals surface area contributed by atoms with Gasteiger partial charge < -0.3 is 10.6 Å². The van der Waals surface area contributed by atoms with Crippen molar-refractivity contribution in [2.75, 3.05) is 19.6 Å². The van der Waals surface area contributed by atoms with Gasteiger partial charge in [0.15, 0.2) is 0 Å². The number of nitrogens with one attached hydrogen (secondary N) is 2. The summed E-state index contributed by atoms with van der Waals surface area (Å²) in [6.45, 7) is 5.73. The average Bonchev–Trinajstić information content (AvgIpc) is 2.37. The fraction of sp³-hybridized carbons (Fsp3) is 0.571. The third-order valence-electron chi connectivity index (χ3n) is 3.52. The van der Waals surface area contributed by atoms with Crippen LogP contribution in [0.25, 0.3) is 0 Å². The van der Waals surface area contributed by atoms with Gasteiger partial charge in [-0.25, -0.2) is 0 Å². The Balaban J connectivity index is 1.82. The van der Waals surface area contributed by atoms with Gasteiger partial charge in [0.1, 0.15) is 0 Å². The lowest BCUT2D eigenvalue weighted by molar-refractivity contribution is 0.345. The predicted octanol–water partition coefficient (Wildman–Crippen LogP) is 3.10. The van der Waals surface area contributed by atoms with Crippen molar-refractivity contribution >= 4 is 15.9 Å². The van der Waals surface area contributed by atoms with E-state index in [1.807, 2.05) is 0 Å². The molecule has 1 aromatic carbocycles. The van der Waals surface area contributed by atoms with Crippen LogP contribution in [0, 0.1) is 5.92 Å². The highest BCUT2D eigenvalue weighted by Crippen LogP contribution is 2.19. The van der Waals surface area contributed by atoms with Gasteiger partial charge in [0.25, 0.3) is 0 Å². The summed E-state index contributed by atoms with van der Waals surface area (Å²) in [7, 11) is 0. The summed E-state index contributed by atoms with van der Waals surface area (Å²) >= 11 is 3.52. The van der Waals surface area contributed by atoms with Crippen molar-refractivity contribution in [3.63, 3.8) is 0 Å². The predicted molar refractivity (Wildman–Crippen MR) is 76.2 cm³/mol. The van der Waals surface area contributed by atoms with E-state index >= 15 is 0 Å². The van der Waals surface area contributed by atoms with Crippen LogP contribution >= 0.6 is 15.9 Å². The molecule has 1 fully saturated rings. The van der Waals surface area contributed by atoms with E-state index in [0.717, 1.165) is 16.9 Å². The van der Waals surface area contributed by atoms with E-state index in [1.54, 1.807) is 0 Å². The summed E-state index contributed by atoms with van der Waals surface area (Å²) in [6.07, 6.45) is 2.61. The minimum absolute atomic E-state index is 0.433. The lowest BCUT2D eigenvalue weighted by atomic mass is 9.97. The minimum atomic E-state index is 0.433. The molecule has 0 unspecified atom stereocenters. The molecule has 17 heavy (non-hydrogen) atoms. The molecule has 1 aromatic rings. The Morgan fingerprint density at radius 2 is 2.18 bits per heavy atom. The van der Waals surface area contributed by atoms with Crippen LogP contribution in [0.5, 0.6) is 0 Å². The molecule has 0 aromatic heterocycles. The Bertz CT molecular complexity index is 348. The second-order valence-electron chi connectivity index (χ2n) is 4.88. The molecule has 1 aliphatic heterocycles. The Morgan fingerprint density at radius 3 is 2.88 bits per heavy atom. The van der Waals surface area contributed by atoms with Crippen LogP contribution in [0.3, 0.4) is 0 Å². The zero-order chi connectivity index (χ0) is 12.1. The van der Waals surface area contributed by atoms with Crippen molar-refractivity contribution in [3.8, 4) is 0 Å². The summed E-state index contributed by atoms with van der Waals surface area (Å²) in [4.78, 5) is 0. The molecular formula is C14H21BrN2. The number of halogens is 1. The summed E-state index contributed by atoms with van der Waals surface area (Å²) in [5.41, 5.74) is 1.35. The zero-order valence-electron chi connectivity index (χ0n) is 10.4. The fourth-order valence-electron chi connectivity index (χ4n) is 2.32. The zero-order valence-corrected chi connectivity index (χ0v) is 12.0. The number of rotatable bonds is 4. The maximum Gasteiger partial charge on any atom is 0.0292 e. The van der Waals surface area contributed by atoms with Gasteiger partial charge in [-0.2, -0.15) is 0 Å². The molecule has 2 nitrogen and oxygen atoms in total. The topological polar surface area (TPSA) is 24.1 Å². The van der Waals surface area contributed by atoms with Crippen molar-refractivity contribution in [1.29, 1.82) is 0 Å². The number of piperidine rings is 1. The lowest BCUT2D eigenvalue weighted by Crippen LogP contribution is -2.34. The van der Waals surface area contributed by atoms with E-state index in [1.165, 1.54) is 31.5 Å². The average molecular weight is 297 g/mol. The second-order valence-corrected chi connectivity index (χ2v) is 5.79. The van der Waals surface area contributed by atoms with E-state index in [4.69, 9.17) is 0 Å². The van der Waals surface area contributed by atoms with E-state index in [-0.39, 0.29) is 0 Å². The first kappa shape index (κ1) is 13.1. The molecule has 0 bridgehead atoms. The Kier molecular flexibility index (Phi) is 5.01. The normalized spacial score (nSPS) is 19.2. The van der Waals surface area contributed by atoms with Gasteiger partial charge in [-0.3, -0.25) is 0 Å². The van der Waals surface area contributed by atoms with E-state index in [9.17, 15) is 0 Å². The minimum Gasteiger partial charge on any atom is -0.317 e. The van der Waals surface area contributed by atoms with E-state index < -0.39 is 0 Å². The first-order valence-corrected chi connectivity index (χ1v) is 7.24. The van der Waals surface area contributed by atoms with Crippen LogP contribution in [0.4, 0.5) is 0 Å². The molecule has 0 amide bonds. The molecule has 1 heterocycles. The molecule has 1 aliphatic rings. The highest BCUT2D eigenvalue weighted by molar-refractivity contribution is 9.10. The van der Waals surface area contributed by atoms with Crippen molar-refractivity contribution in [2.24, 2.45) is 5.92 Å². The second kappa shape index (κ2) is 6.53. The van der Waals surface area contributed by atoms with Gasteiger partial charge in [0.05, 0.1) is 0 Å². The van der Waals surface area contributed by atoms with Gasteiger partial charge in [-0.15, -0.1) is 0 Å². The number of hydrogen-bond donors (Lipinski definition) is 2. The third-order valence-corrected chi connectivity index (χ3v) is 4.01. The molecule has 2 rings (SSSR count). The molecule has 94 valence electrons. The highest BCUT2D eigenvalue weighted by Gasteiger charge is 2.14. The molecule has 0 spiro atoms. The summed E-state index contributed by atoms with van der Waals surface area (Å²) < 4.78 is 1.16. The largest absolute Gasteiger partial charge is 0.317 e. The SMILES string of the molecule is C[C@@H](NCC1CCNCC1)c1cccc(Br)c1. The third kappa shape index (κ3) is 4.09. The Morgan fingerprint density at radius 1 is 1.41 bits per heavy atom. The highest BCUT2D eigenvalue weighted by atomic mass is 79.9. The molecule has 0 saturated carbocycles. The van der Waals surface area contributed by atoms with Crippen molar-refractivity contribution < 1.29 is 0 Å². The van der Waals surface area contributed by atoms with Gasteiger partial charge in [0.2, 0.25) is 0 Å². The summed E-state index contributed by atoms with van der Waals surface area (Å²) in [5.74, 6) is 0.839. The van der Waals surface area contributed by atoms with Gasteiger partial charge in [-0.1, -0.05) is 28.1 Å². The van der Waals surface area contributed by atoms with E-state index in [0.29, 0.717) is 6.04 Å². The molecule has 2 N–H and O–H groups in total. The summed E-state index contributed by atoms with van der Waals surface area (Å²) in [5, 5.41) is 7.05. The smallest absolute Gasteiger partial charge is 0.0292 e. The van der Waals surface area contributed by atoms with Gasteiger partial charge in [-0.05, 0) is 63.0 Å².